The summed E-state index contributed by atoms with van der Waals surface area (Å²) in [6.07, 6.45) is 0. The van der Waals surface area contributed by atoms with E-state index in [0.717, 1.165) is 32.3 Å². The molecule has 162 valence electrons. The standard InChI is InChI=1S/3C10H8O.Ga/c3*11-10-6-5-8-3-1-2-4-9(8)7-10;/h3*1-7,11H;/q;;;+3/p-3. The molecule has 0 aliphatic carbocycles. The Balaban J connectivity index is 0.000000141. The SMILES string of the molecule is [Ga+3].[O-]c1ccc2ccccc2c1.[O-]c1ccc2ccccc2c1.[O-]c1ccc2ccccc2c1. The Kier molecular flexibility index (Phi) is 8.63. The fraction of sp³-hybridized carbons (Fsp3) is 0. The van der Waals surface area contributed by atoms with Crippen molar-refractivity contribution in [2.75, 3.05) is 0 Å². The molecule has 4 heteroatoms. The third kappa shape index (κ3) is 6.57. The minimum atomic E-state index is 0. The topological polar surface area (TPSA) is 69.2 Å². The molecular formula is C30H21GaO3. The van der Waals surface area contributed by atoms with E-state index in [-0.39, 0.29) is 37.0 Å². The van der Waals surface area contributed by atoms with Crippen LogP contribution in [0.2, 0.25) is 0 Å². The second-order valence-electron chi connectivity index (χ2n) is 7.53. The largest absolute Gasteiger partial charge is 3.00 e. The first kappa shape index (κ1) is 24.8. The quantitative estimate of drug-likeness (QED) is 0.265. The van der Waals surface area contributed by atoms with Gasteiger partial charge in [-0.25, -0.2) is 0 Å². The maximum absolute atomic E-state index is 10.9. The van der Waals surface area contributed by atoms with Crippen LogP contribution in [0.4, 0.5) is 0 Å². The van der Waals surface area contributed by atoms with E-state index in [1.165, 1.54) is 0 Å². The van der Waals surface area contributed by atoms with Gasteiger partial charge in [-0.3, -0.25) is 0 Å². The van der Waals surface area contributed by atoms with Crippen molar-refractivity contribution in [1.82, 2.24) is 0 Å². The predicted octanol–water partition coefficient (Wildman–Crippen LogP) is 5.36. The average Bonchev–Trinajstić information content (AvgIpc) is 2.84. The molecule has 0 heterocycles. The molecule has 0 saturated carbocycles. The molecule has 6 aromatic carbocycles. The Labute approximate surface area is 211 Å². The number of fused-ring (bicyclic) bond motifs is 3. The van der Waals surface area contributed by atoms with E-state index in [1.807, 2.05) is 91.0 Å². The van der Waals surface area contributed by atoms with Crippen molar-refractivity contribution in [2.45, 2.75) is 0 Å². The van der Waals surface area contributed by atoms with Gasteiger partial charge < -0.3 is 15.3 Å². The molecule has 34 heavy (non-hydrogen) atoms. The van der Waals surface area contributed by atoms with Crippen LogP contribution in [0.15, 0.2) is 127 Å². The van der Waals surface area contributed by atoms with E-state index < -0.39 is 0 Å². The van der Waals surface area contributed by atoms with Gasteiger partial charge in [-0.2, -0.15) is 0 Å². The van der Waals surface area contributed by atoms with E-state index in [4.69, 9.17) is 0 Å². The van der Waals surface area contributed by atoms with Crippen molar-refractivity contribution in [1.29, 1.82) is 0 Å². The molecule has 6 rings (SSSR count). The number of hydrogen-bond donors (Lipinski definition) is 0. The monoisotopic (exact) mass is 498 g/mol. The minimum Gasteiger partial charge on any atom is -0.872 e. The van der Waals surface area contributed by atoms with Crippen molar-refractivity contribution >= 4 is 52.1 Å². The van der Waals surface area contributed by atoms with Gasteiger partial charge in [-0.1, -0.05) is 127 Å². The molecule has 0 saturated heterocycles. The van der Waals surface area contributed by atoms with Gasteiger partial charge in [0.25, 0.3) is 0 Å². The van der Waals surface area contributed by atoms with E-state index in [9.17, 15) is 15.3 Å². The zero-order valence-corrected chi connectivity index (χ0v) is 20.8. The summed E-state index contributed by atoms with van der Waals surface area (Å²) in [6.45, 7) is 0. The predicted molar refractivity (Wildman–Crippen MR) is 136 cm³/mol. The molecule has 0 unspecified atom stereocenters. The number of rotatable bonds is 0. The van der Waals surface area contributed by atoms with Crippen molar-refractivity contribution in [3.8, 4) is 17.2 Å². The molecule has 0 spiro atoms. The maximum atomic E-state index is 10.9. The van der Waals surface area contributed by atoms with Crippen molar-refractivity contribution in [3.63, 3.8) is 0 Å². The summed E-state index contributed by atoms with van der Waals surface area (Å²) in [5.74, 6) is 0.219. The van der Waals surface area contributed by atoms with Crippen molar-refractivity contribution < 1.29 is 15.3 Å². The van der Waals surface area contributed by atoms with Crippen molar-refractivity contribution in [2.24, 2.45) is 0 Å². The Morgan fingerprint density at radius 3 is 0.794 bits per heavy atom. The first-order chi connectivity index (χ1) is 16.1. The number of benzene rings is 6. The zero-order chi connectivity index (χ0) is 23.0. The van der Waals surface area contributed by atoms with E-state index in [2.05, 4.69) is 0 Å². The molecule has 0 aliphatic heterocycles. The third-order valence-corrected chi connectivity index (χ3v) is 5.16. The van der Waals surface area contributed by atoms with Gasteiger partial charge in [0, 0.05) is 0 Å². The molecule has 0 amide bonds. The molecule has 6 aromatic rings. The first-order valence-electron chi connectivity index (χ1n) is 10.6. The Morgan fingerprint density at radius 1 is 0.294 bits per heavy atom. The summed E-state index contributed by atoms with van der Waals surface area (Å²) in [7, 11) is 0. The third-order valence-electron chi connectivity index (χ3n) is 5.16. The second-order valence-corrected chi connectivity index (χ2v) is 7.53. The van der Waals surface area contributed by atoms with Crippen LogP contribution in [0.1, 0.15) is 0 Å². The number of hydrogen-bond acceptors (Lipinski definition) is 3. The second kappa shape index (κ2) is 11.8. The van der Waals surface area contributed by atoms with Crippen molar-refractivity contribution in [3.05, 3.63) is 127 Å². The summed E-state index contributed by atoms with van der Waals surface area (Å²) in [5, 5.41) is 39.0. The van der Waals surface area contributed by atoms with Crippen LogP contribution in [0.5, 0.6) is 17.2 Å². The molecule has 0 aliphatic rings. The van der Waals surface area contributed by atoms with Crippen LogP contribution in [0.3, 0.4) is 0 Å². The van der Waals surface area contributed by atoms with Gasteiger partial charge in [-0.15, -0.1) is 17.2 Å². The summed E-state index contributed by atoms with van der Waals surface area (Å²) >= 11 is 0. The molecule has 0 N–H and O–H groups in total. The van der Waals surface area contributed by atoms with Crippen LogP contribution < -0.4 is 15.3 Å². The average molecular weight is 499 g/mol. The van der Waals surface area contributed by atoms with Crippen LogP contribution >= 0.6 is 0 Å². The van der Waals surface area contributed by atoms with Crippen LogP contribution in [-0.4, -0.2) is 19.8 Å². The van der Waals surface area contributed by atoms with Crippen LogP contribution in [0, 0.1) is 0 Å². The summed E-state index contributed by atoms with van der Waals surface area (Å²) in [4.78, 5) is 0. The molecular weight excluding hydrogens is 478 g/mol. The fourth-order valence-electron chi connectivity index (χ4n) is 3.50. The molecule has 0 bridgehead atoms. The summed E-state index contributed by atoms with van der Waals surface area (Å²) < 4.78 is 0. The molecule has 3 nitrogen and oxygen atoms in total. The van der Waals surface area contributed by atoms with Gasteiger partial charge >= 0.3 is 19.8 Å². The van der Waals surface area contributed by atoms with Gasteiger partial charge in [0.2, 0.25) is 0 Å². The van der Waals surface area contributed by atoms with Crippen LogP contribution in [0.25, 0.3) is 32.3 Å². The normalized spacial score (nSPS) is 9.88. The fourth-order valence-corrected chi connectivity index (χ4v) is 3.50. The minimum absolute atomic E-state index is 0. The first-order valence-corrected chi connectivity index (χ1v) is 10.6. The van der Waals surface area contributed by atoms with Gasteiger partial charge in [-0.05, 0) is 32.3 Å². The Morgan fingerprint density at radius 2 is 0.529 bits per heavy atom. The van der Waals surface area contributed by atoms with Gasteiger partial charge in [0.1, 0.15) is 0 Å². The van der Waals surface area contributed by atoms with Gasteiger partial charge in [0.15, 0.2) is 0 Å². The van der Waals surface area contributed by atoms with Gasteiger partial charge in [0.05, 0.1) is 0 Å². The zero-order valence-electron chi connectivity index (χ0n) is 18.4. The smallest absolute Gasteiger partial charge is 0.872 e. The molecule has 0 atom stereocenters. The van der Waals surface area contributed by atoms with E-state index >= 15 is 0 Å². The Hall–Kier alpha value is -3.86. The summed E-state index contributed by atoms with van der Waals surface area (Å²) in [5.41, 5.74) is 0. The van der Waals surface area contributed by atoms with E-state index in [1.54, 1.807) is 36.4 Å². The maximum Gasteiger partial charge on any atom is 3.00 e. The molecule has 0 radical (unpaired) electrons. The van der Waals surface area contributed by atoms with E-state index in [0.29, 0.717) is 0 Å². The molecule has 0 aromatic heterocycles. The van der Waals surface area contributed by atoms with Crippen LogP contribution in [-0.2, 0) is 0 Å². The molecule has 0 fully saturated rings. The summed E-state index contributed by atoms with van der Waals surface area (Å²) in [6, 6.07) is 38.7. The Bertz CT molecular complexity index is 1330.